The molecule has 2 heterocycles. The summed E-state index contributed by atoms with van der Waals surface area (Å²) in [5, 5.41) is 9.53. The molecule has 1 amide bonds. The quantitative estimate of drug-likeness (QED) is 0.480. The molecule has 0 spiro atoms. The van der Waals surface area contributed by atoms with E-state index in [1.54, 1.807) is 17.1 Å². The first-order valence-corrected chi connectivity index (χ1v) is 11.5. The summed E-state index contributed by atoms with van der Waals surface area (Å²) < 4.78 is 51.1. The number of methoxy groups -OCH3 is 2. The van der Waals surface area contributed by atoms with Crippen molar-refractivity contribution >= 4 is 29.3 Å². The van der Waals surface area contributed by atoms with Gasteiger partial charge in [-0.25, -0.2) is 0 Å². The highest BCUT2D eigenvalue weighted by atomic mass is 35.5. The Bertz CT molecular complexity index is 1430. The minimum atomic E-state index is -4.87. The molecule has 0 bridgehead atoms. The normalized spacial score (nSPS) is 12.8. The fraction of sp³-hybridized carbons (Fsp3) is 0.208. The number of nitriles is 1. The zero-order valence-corrected chi connectivity index (χ0v) is 20.4. The number of pyridine rings is 1. The molecule has 0 saturated carbocycles. The summed E-state index contributed by atoms with van der Waals surface area (Å²) in [4.78, 5) is 29.3. The predicted molar refractivity (Wildman–Crippen MR) is 125 cm³/mol. The van der Waals surface area contributed by atoms with Crippen molar-refractivity contribution in [3.8, 4) is 17.6 Å². The molecule has 1 N–H and O–H groups in total. The Balaban J connectivity index is 1.79. The lowest BCUT2D eigenvalue weighted by atomic mass is 10.1. The third-order valence-electron chi connectivity index (χ3n) is 5.53. The van der Waals surface area contributed by atoms with Crippen molar-refractivity contribution in [1.82, 2.24) is 9.88 Å². The van der Waals surface area contributed by atoms with Crippen LogP contribution in [0.3, 0.4) is 0 Å². The average Bonchev–Trinajstić information content (AvgIpc) is 3.26. The van der Waals surface area contributed by atoms with Gasteiger partial charge < -0.3 is 19.4 Å². The fourth-order valence-electron chi connectivity index (χ4n) is 3.81. The Morgan fingerprint density at radius 1 is 1.14 bits per heavy atom. The second-order valence-corrected chi connectivity index (χ2v) is 9.18. The number of H-pyrrole nitrogens is 1. The van der Waals surface area contributed by atoms with Crippen molar-refractivity contribution in [2.45, 2.75) is 29.1 Å². The number of nitrogens with zero attached hydrogens (tertiary/aromatic N) is 2. The van der Waals surface area contributed by atoms with Gasteiger partial charge in [-0.05, 0) is 41.5 Å². The maximum atomic E-state index is 13.5. The number of amides is 1. The van der Waals surface area contributed by atoms with Gasteiger partial charge in [0.05, 0.1) is 24.8 Å². The Hall–Kier alpha value is -3.62. The number of alkyl halides is 3. The SMILES string of the molecule is COc1cc2c(cc1OC)CN(C(=O)c1c(Sc3c(Cl)cccc3C#N)cc(C(F)(F)F)[nH]c1=O)C2. The number of benzene rings is 2. The maximum Gasteiger partial charge on any atom is 0.431 e. The van der Waals surface area contributed by atoms with E-state index in [0.717, 1.165) is 11.1 Å². The van der Waals surface area contributed by atoms with Gasteiger partial charge in [0.2, 0.25) is 0 Å². The molecule has 12 heteroatoms. The van der Waals surface area contributed by atoms with Gasteiger partial charge >= 0.3 is 6.18 Å². The van der Waals surface area contributed by atoms with Crippen LogP contribution in [0.25, 0.3) is 0 Å². The van der Waals surface area contributed by atoms with Crippen LogP contribution in [0.5, 0.6) is 11.5 Å². The molecule has 0 saturated heterocycles. The van der Waals surface area contributed by atoms with Gasteiger partial charge in [-0.15, -0.1) is 0 Å². The smallest absolute Gasteiger partial charge is 0.431 e. The van der Waals surface area contributed by atoms with E-state index in [1.807, 2.05) is 6.07 Å². The topological polar surface area (TPSA) is 95.4 Å². The van der Waals surface area contributed by atoms with Crippen LogP contribution in [-0.4, -0.2) is 30.0 Å². The molecule has 36 heavy (non-hydrogen) atoms. The molecule has 7 nitrogen and oxygen atoms in total. The second-order valence-electron chi connectivity index (χ2n) is 7.72. The van der Waals surface area contributed by atoms with Crippen molar-refractivity contribution in [3.05, 3.63) is 79.7 Å². The number of carbonyl (C=O) groups excluding carboxylic acids is 1. The Morgan fingerprint density at radius 2 is 1.75 bits per heavy atom. The van der Waals surface area contributed by atoms with E-state index < -0.39 is 28.9 Å². The van der Waals surface area contributed by atoms with Gasteiger partial charge in [-0.1, -0.05) is 29.4 Å². The lowest BCUT2D eigenvalue weighted by Gasteiger charge is -2.18. The summed E-state index contributed by atoms with van der Waals surface area (Å²) in [6, 6.07) is 10.4. The molecule has 0 aliphatic carbocycles. The number of fused-ring (bicyclic) bond motifs is 1. The number of rotatable bonds is 5. The van der Waals surface area contributed by atoms with Crippen molar-refractivity contribution < 1.29 is 27.4 Å². The number of hydrogen-bond donors (Lipinski definition) is 1. The van der Waals surface area contributed by atoms with E-state index in [-0.39, 0.29) is 33.5 Å². The number of hydrogen-bond acceptors (Lipinski definition) is 6. The van der Waals surface area contributed by atoms with Crippen LogP contribution >= 0.6 is 23.4 Å². The number of carbonyl (C=O) groups is 1. The third kappa shape index (κ3) is 4.74. The summed E-state index contributed by atoms with van der Waals surface area (Å²) in [7, 11) is 2.94. The summed E-state index contributed by atoms with van der Waals surface area (Å²) >= 11 is 6.86. The number of halogens is 4. The molecular formula is C24H17ClF3N3O4S. The number of aromatic amines is 1. The van der Waals surface area contributed by atoms with Crippen molar-refractivity contribution in [2.75, 3.05) is 14.2 Å². The summed E-state index contributed by atoms with van der Waals surface area (Å²) in [6.45, 7) is 0.212. The summed E-state index contributed by atoms with van der Waals surface area (Å²) in [5.41, 5.74) is -1.42. The lowest BCUT2D eigenvalue weighted by Crippen LogP contribution is -2.32. The van der Waals surface area contributed by atoms with Crippen molar-refractivity contribution in [2.24, 2.45) is 0 Å². The maximum absolute atomic E-state index is 13.5. The number of nitrogens with one attached hydrogen (secondary N) is 1. The van der Waals surface area contributed by atoms with Crippen LogP contribution in [-0.2, 0) is 19.3 Å². The van der Waals surface area contributed by atoms with Crippen LogP contribution in [0.4, 0.5) is 13.2 Å². The third-order valence-corrected chi connectivity index (χ3v) is 7.14. The molecule has 0 fully saturated rings. The number of ether oxygens (including phenoxy) is 2. The minimum absolute atomic E-state index is 0.0903. The van der Waals surface area contributed by atoms with E-state index in [2.05, 4.69) is 0 Å². The summed E-state index contributed by atoms with van der Waals surface area (Å²) in [5.74, 6) is 0.140. The lowest BCUT2D eigenvalue weighted by molar-refractivity contribution is -0.141. The zero-order chi connectivity index (χ0) is 26.2. The zero-order valence-electron chi connectivity index (χ0n) is 18.8. The van der Waals surface area contributed by atoms with Gasteiger partial charge in [0.25, 0.3) is 11.5 Å². The molecule has 0 atom stereocenters. The highest BCUT2D eigenvalue weighted by molar-refractivity contribution is 7.99. The van der Waals surface area contributed by atoms with E-state index >= 15 is 0 Å². The number of aromatic nitrogens is 1. The Kier molecular flexibility index (Phi) is 6.93. The molecule has 1 aliphatic rings. The van der Waals surface area contributed by atoms with E-state index in [0.29, 0.717) is 29.3 Å². The molecule has 2 aromatic carbocycles. The van der Waals surface area contributed by atoms with Crippen LogP contribution in [0.15, 0.2) is 51.0 Å². The average molecular weight is 536 g/mol. The van der Waals surface area contributed by atoms with Crippen molar-refractivity contribution in [1.29, 1.82) is 5.26 Å². The highest BCUT2D eigenvalue weighted by Gasteiger charge is 2.36. The minimum Gasteiger partial charge on any atom is -0.493 e. The highest BCUT2D eigenvalue weighted by Crippen LogP contribution is 2.40. The largest absolute Gasteiger partial charge is 0.493 e. The van der Waals surface area contributed by atoms with Crippen LogP contribution in [0.2, 0.25) is 5.02 Å². The molecule has 186 valence electrons. The Labute approximate surface area is 212 Å². The first-order chi connectivity index (χ1) is 17.1. The van der Waals surface area contributed by atoms with Crippen LogP contribution in [0, 0.1) is 11.3 Å². The first kappa shape index (κ1) is 25.5. The Morgan fingerprint density at radius 3 is 2.28 bits per heavy atom. The van der Waals surface area contributed by atoms with Crippen molar-refractivity contribution in [3.63, 3.8) is 0 Å². The molecule has 1 aromatic heterocycles. The molecule has 0 unspecified atom stereocenters. The standard InChI is InChI=1S/C24H17ClF3N3O4S/c1-34-16-6-13-10-31(11-14(13)7-17(16)35-2)23(33)20-18(8-19(24(26,27)28)30-22(20)32)36-21-12(9-29)4-3-5-15(21)25/h3-8H,10-11H2,1-2H3,(H,30,32). The van der Waals surface area contributed by atoms with Crippen LogP contribution in [0.1, 0.15) is 32.7 Å². The summed E-state index contributed by atoms with van der Waals surface area (Å²) in [6.07, 6.45) is -4.87. The molecule has 3 aromatic rings. The predicted octanol–water partition coefficient (Wildman–Crippen LogP) is 5.24. The second kappa shape index (κ2) is 9.79. The molecule has 0 radical (unpaired) electrons. The van der Waals surface area contributed by atoms with Crippen LogP contribution < -0.4 is 15.0 Å². The fourth-order valence-corrected chi connectivity index (χ4v) is 5.17. The van der Waals surface area contributed by atoms with Gasteiger partial charge in [-0.2, -0.15) is 18.4 Å². The van der Waals surface area contributed by atoms with Gasteiger partial charge in [0, 0.05) is 22.9 Å². The molecular weight excluding hydrogens is 519 g/mol. The van der Waals surface area contributed by atoms with Gasteiger partial charge in [-0.3, -0.25) is 9.59 Å². The van der Waals surface area contributed by atoms with Gasteiger partial charge in [0.1, 0.15) is 17.3 Å². The monoisotopic (exact) mass is 535 g/mol. The van der Waals surface area contributed by atoms with E-state index in [1.165, 1.54) is 37.3 Å². The molecule has 1 aliphatic heterocycles. The van der Waals surface area contributed by atoms with E-state index in [4.69, 9.17) is 21.1 Å². The van der Waals surface area contributed by atoms with Gasteiger partial charge in [0.15, 0.2) is 11.5 Å². The van der Waals surface area contributed by atoms with E-state index in [9.17, 15) is 28.0 Å². The first-order valence-electron chi connectivity index (χ1n) is 10.3. The molecule has 4 rings (SSSR count).